The second-order valence-corrected chi connectivity index (χ2v) is 6.45. The molecule has 1 aromatic carbocycles. The maximum atomic E-state index is 13.2. The standard InChI is InChI=1S/C20H20FN3O/c21-17-6-4-16(5-7-17)20-3-1-2-12-24(20)14-18-13-19(23-25-18)15-8-10-22-11-9-15/h4-11,13,20H,1-3,12,14H2/t20-/m0/s1. The highest BCUT2D eigenvalue weighted by Crippen LogP contribution is 2.32. The summed E-state index contributed by atoms with van der Waals surface area (Å²) in [5.74, 6) is 0.657. The van der Waals surface area contributed by atoms with E-state index in [1.54, 1.807) is 12.4 Å². The van der Waals surface area contributed by atoms with Gasteiger partial charge in [0.05, 0.1) is 6.54 Å². The molecule has 5 heteroatoms. The molecule has 3 heterocycles. The average molecular weight is 337 g/mol. The van der Waals surface area contributed by atoms with Crippen LogP contribution in [0.25, 0.3) is 11.3 Å². The molecule has 1 aliphatic heterocycles. The maximum absolute atomic E-state index is 13.2. The summed E-state index contributed by atoms with van der Waals surface area (Å²) >= 11 is 0. The minimum Gasteiger partial charge on any atom is -0.359 e. The molecule has 4 rings (SSSR count). The van der Waals surface area contributed by atoms with Crippen molar-refractivity contribution >= 4 is 0 Å². The molecule has 0 N–H and O–H groups in total. The quantitative estimate of drug-likeness (QED) is 0.697. The zero-order valence-corrected chi connectivity index (χ0v) is 13.9. The molecule has 0 spiro atoms. The van der Waals surface area contributed by atoms with Crippen LogP contribution in [0.1, 0.15) is 36.6 Å². The van der Waals surface area contributed by atoms with E-state index in [1.807, 2.05) is 30.3 Å². The number of hydrogen-bond donors (Lipinski definition) is 0. The van der Waals surface area contributed by atoms with Crippen molar-refractivity contribution in [2.75, 3.05) is 6.54 Å². The Morgan fingerprint density at radius 3 is 2.68 bits per heavy atom. The zero-order valence-electron chi connectivity index (χ0n) is 13.9. The molecule has 1 saturated heterocycles. The first-order valence-electron chi connectivity index (χ1n) is 8.65. The molecule has 0 bridgehead atoms. The third-order valence-electron chi connectivity index (χ3n) is 4.76. The summed E-state index contributed by atoms with van der Waals surface area (Å²) in [6, 6.07) is 13.0. The Morgan fingerprint density at radius 2 is 1.88 bits per heavy atom. The normalized spacial score (nSPS) is 18.4. The summed E-state index contributed by atoms with van der Waals surface area (Å²) in [5.41, 5.74) is 2.99. The van der Waals surface area contributed by atoms with Gasteiger partial charge in [-0.1, -0.05) is 23.7 Å². The third kappa shape index (κ3) is 3.61. The molecule has 1 aliphatic rings. The van der Waals surface area contributed by atoms with Crippen LogP contribution in [0.5, 0.6) is 0 Å². The van der Waals surface area contributed by atoms with Gasteiger partial charge in [0.25, 0.3) is 0 Å². The van der Waals surface area contributed by atoms with Gasteiger partial charge in [0.15, 0.2) is 5.76 Å². The summed E-state index contributed by atoms with van der Waals surface area (Å²) in [5, 5.41) is 4.18. The fourth-order valence-electron chi connectivity index (χ4n) is 3.49. The molecule has 25 heavy (non-hydrogen) atoms. The van der Waals surface area contributed by atoms with Crippen LogP contribution < -0.4 is 0 Å². The minimum atomic E-state index is -0.191. The molecule has 0 saturated carbocycles. The monoisotopic (exact) mass is 337 g/mol. The molecule has 1 atom stereocenters. The van der Waals surface area contributed by atoms with Crippen molar-refractivity contribution in [3.05, 3.63) is 72.0 Å². The van der Waals surface area contributed by atoms with Gasteiger partial charge in [-0.25, -0.2) is 4.39 Å². The van der Waals surface area contributed by atoms with Gasteiger partial charge in [0, 0.05) is 30.1 Å². The first-order chi connectivity index (χ1) is 12.3. The molecule has 0 unspecified atom stereocenters. The van der Waals surface area contributed by atoms with Crippen molar-refractivity contribution in [1.29, 1.82) is 0 Å². The summed E-state index contributed by atoms with van der Waals surface area (Å²) in [6.07, 6.45) is 6.94. The largest absolute Gasteiger partial charge is 0.359 e. The Balaban J connectivity index is 1.52. The van der Waals surface area contributed by atoms with Gasteiger partial charge in [-0.05, 0) is 49.2 Å². The summed E-state index contributed by atoms with van der Waals surface area (Å²) in [7, 11) is 0. The number of rotatable bonds is 4. The molecular weight excluding hydrogens is 317 g/mol. The Kier molecular flexibility index (Phi) is 4.57. The van der Waals surface area contributed by atoms with E-state index in [0.717, 1.165) is 35.5 Å². The highest BCUT2D eigenvalue weighted by atomic mass is 19.1. The molecule has 128 valence electrons. The average Bonchev–Trinajstić information content (AvgIpc) is 3.12. The van der Waals surface area contributed by atoms with Crippen LogP contribution in [0.4, 0.5) is 4.39 Å². The smallest absolute Gasteiger partial charge is 0.151 e. The van der Waals surface area contributed by atoms with Crippen LogP contribution in [-0.2, 0) is 6.54 Å². The number of halogens is 1. The number of nitrogens with zero attached hydrogens (tertiary/aromatic N) is 3. The van der Waals surface area contributed by atoms with Crippen LogP contribution in [0.15, 0.2) is 59.4 Å². The van der Waals surface area contributed by atoms with Gasteiger partial charge < -0.3 is 4.52 Å². The first kappa shape index (κ1) is 16.0. The van der Waals surface area contributed by atoms with Crippen molar-refractivity contribution in [3.8, 4) is 11.3 Å². The highest BCUT2D eigenvalue weighted by molar-refractivity contribution is 5.57. The van der Waals surface area contributed by atoms with E-state index < -0.39 is 0 Å². The molecule has 3 aromatic rings. The Hall–Kier alpha value is -2.53. The van der Waals surface area contributed by atoms with Crippen LogP contribution in [0.2, 0.25) is 0 Å². The highest BCUT2D eigenvalue weighted by Gasteiger charge is 2.25. The molecule has 0 amide bonds. The lowest BCUT2D eigenvalue weighted by molar-refractivity contribution is 0.126. The molecule has 2 aromatic heterocycles. The van der Waals surface area contributed by atoms with Crippen molar-refractivity contribution in [3.63, 3.8) is 0 Å². The number of benzene rings is 1. The predicted octanol–water partition coefficient (Wildman–Crippen LogP) is 4.60. The zero-order chi connectivity index (χ0) is 17.1. The molecular formula is C20H20FN3O. The van der Waals surface area contributed by atoms with E-state index in [1.165, 1.54) is 25.0 Å². The molecule has 4 nitrogen and oxygen atoms in total. The number of aromatic nitrogens is 2. The van der Waals surface area contributed by atoms with Gasteiger partial charge in [0.2, 0.25) is 0 Å². The van der Waals surface area contributed by atoms with E-state index in [4.69, 9.17) is 4.52 Å². The van der Waals surface area contributed by atoms with E-state index in [9.17, 15) is 4.39 Å². The lowest BCUT2D eigenvalue weighted by atomic mass is 9.95. The van der Waals surface area contributed by atoms with Crippen molar-refractivity contribution in [2.45, 2.75) is 31.8 Å². The predicted molar refractivity (Wildman–Crippen MR) is 93.1 cm³/mol. The summed E-state index contributed by atoms with van der Waals surface area (Å²) < 4.78 is 18.8. The van der Waals surface area contributed by atoms with E-state index in [2.05, 4.69) is 15.0 Å². The fourth-order valence-corrected chi connectivity index (χ4v) is 3.49. The second kappa shape index (κ2) is 7.15. The molecule has 0 aliphatic carbocycles. The second-order valence-electron chi connectivity index (χ2n) is 6.45. The van der Waals surface area contributed by atoms with Crippen LogP contribution >= 0.6 is 0 Å². The number of pyridine rings is 1. The maximum Gasteiger partial charge on any atom is 0.151 e. The Labute approximate surface area is 146 Å². The van der Waals surface area contributed by atoms with Crippen LogP contribution in [0, 0.1) is 5.82 Å². The van der Waals surface area contributed by atoms with Gasteiger partial charge in [0.1, 0.15) is 11.5 Å². The summed E-state index contributed by atoms with van der Waals surface area (Å²) in [6.45, 7) is 1.72. The van der Waals surface area contributed by atoms with Crippen molar-refractivity contribution in [1.82, 2.24) is 15.0 Å². The van der Waals surface area contributed by atoms with E-state index in [-0.39, 0.29) is 5.82 Å². The van der Waals surface area contributed by atoms with Gasteiger partial charge >= 0.3 is 0 Å². The fraction of sp³-hybridized carbons (Fsp3) is 0.300. The van der Waals surface area contributed by atoms with Gasteiger partial charge in [-0.15, -0.1) is 0 Å². The SMILES string of the molecule is Fc1ccc([C@@H]2CCCCN2Cc2cc(-c3ccncc3)no2)cc1. The van der Waals surface area contributed by atoms with E-state index >= 15 is 0 Å². The van der Waals surface area contributed by atoms with Crippen LogP contribution in [-0.4, -0.2) is 21.6 Å². The molecule has 1 fully saturated rings. The minimum absolute atomic E-state index is 0.191. The topological polar surface area (TPSA) is 42.2 Å². The van der Waals surface area contributed by atoms with Crippen molar-refractivity contribution < 1.29 is 8.91 Å². The molecule has 0 radical (unpaired) electrons. The van der Waals surface area contributed by atoms with Crippen molar-refractivity contribution in [2.24, 2.45) is 0 Å². The third-order valence-corrected chi connectivity index (χ3v) is 4.76. The van der Waals surface area contributed by atoms with E-state index in [0.29, 0.717) is 12.6 Å². The Bertz CT molecular complexity index is 816. The number of piperidine rings is 1. The first-order valence-corrected chi connectivity index (χ1v) is 8.65. The van der Waals surface area contributed by atoms with Crippen LogP contribution in [0.3, 0.4) is 0 Å². The van der Waals surface area contributed by atoms with Gasteiger partial charge in [-0.2, -0.15) is 0 Å². The Morgan fingerprint density at radius 1 is 1.08 bits per heavy atom. The number of likely N-dealkylation sites (tertiary alicyclic amines) is 1. The number of hydrogen-bond acceptors (Lipinski definition) is 4. The lowest BCUT2D eigenvalue weighted by Crippen LogP contribution is -2.32. The summed E-state index contributed by atoms with van der Waals surface area (Å²) in [4.78, 5) is 6.42. The van der Waals surface area contributed by atoms with Gasteiger partial charge in [-0.3, -0.25) is 9.88 Å². The lowest BCUT2D eigenvalue weighted by Gasteiger charge is -2.35.